The molecule has 7 aromatic rings. The lowest BCUT2D eigenvalue weighted by molar-refractivity contribution is 0.0917. The van der Waals surface area contributed by atoms with Crippen LogP contribution in [0.5, 0.6) is 0 Å². The largest absolute Gasteiger partial charge is 0.349 e. The quantitative estimate of drug-likeness (QED) is 0.0978. The first kappa shape index (κ1) is 61.8. The molecule has 0 saturated carbocycles. The Balaban J connectivity index is 0.000000237. The van der Waals surface area contributed by atoms with Crippen LogP contribution in [0.4, 0.5) is 5.69 Å². The van der Waals surface area contributed by atoms with E-state index in [-0.39, 0.29) is 58.5 Å². The van der Waals surface area contributed by atoms with Gasteiger partial charge in [-0.05, 0) is 138 Å². The van der Waals surface area contributed by atoms with Crippen LogP contribution in [-0.2, 0) is 26.9 Å². The number of hydrogen-bond acceptors (Lipinski definition) is 7. The molecule has 0 saturated heterocycles. The first-order valence-electron chi connectivity index (χ1n) is 25.1. The van der Waals surface area contributed by atoms with E-state index >= 15 is 0 Å². The highest BCUT2D eigenvalue weighted by Gasteiger charge is 2.23. The van der Waals surface area contributed by atoms with Gasteiger partial charge in [-0.3, -0.25) is 23.7 Å². The Bertz CT molecular complexity index is 3300. The van der Waals surface area contributed by atoms with E-state index < -0.39 is 0 Å². The van der Waals surface area contributed by atoms with Crippen molar-refractivity contribution in [2.75, 3.05) is 5.32 Å². The Morgan fingerprint density at radius 1 is 0.584 bits per heavy atom. The van der Waals surface area contributed by atoms with E-state index in [2.05, 4.69) is 83.4 Å². The summed E-state index contributed by atoms with van der Waals surface area (Å²) in [5.74, 6) is 0.951. The fraction of sp³-hybridized carbons (Fsp3) is 0.317. The second-order valence-electron chi connectivity index (χ2n) is 19.8. The van der Waals surface area contributed by atoms with Crippen LogP contribution >= 0.6 is 62.3 Å². The summed E-state index contributed by atoms with van der Waals surface area (Å²) in [5.41, 5.74) is 7.90. The Morgan fingerprint density at radius 2 is 1.01 bits per heavy atom. The molecule has 3 amide bonds. The molecule has 2 heterocycles. The van der Waals surface area contributed by atoms with Crippen LogP contribution in [0.15, 0.2) is 123 Å². The molecule has 0 bridgehead atoms. The number of anilines is 1. The SMILES string of the molecule is Cc1cccc(Cl)c1C(=O)N[C@@H](Cc1ccc(-c2c(C)n(C)c(=O)n(C)c2=O)cc1)C(C)C.Cc1cccc(Cl)c1C(=O)N[C@@H](Cc1ccc(NC(=O)c2c(Cl)cccc2Cl)cc1)C(C)C.Cc1ncc(Br)c(C(C)C)n1. The van der Waals surface area contributed by atoms with Crippen molar-refractivity contribution in [3.05, 3.63) is 211 Å². The standard InChI is InChI=1S/C26H25Cl3N2O2.C26H30ClN3O3.C8H11BrN2/c1-15(2)22(31-25(32)23-16(3)6-4-7-19(23)27)14-17-10-12-18(13-11-17)30-26(33)24-20(28)8-5-9-21(24)29;1-15(2)21(28-24(31)22-16(3)8-7-9-20(22)27)14-18-10-12-19(13-11-18)23-17(4)29(5)26(33)30(6)25(23)32;1-5(2)8-7(9)4-10-6(3)11-8/h4-13,15,22H,14H2,1-3H3,(H,30,33)(H,31,32);7-13,15,21H,14H2,1-6H3,(H,28,31);4-5H,1-3H3/t22-;21-;/m00./s1. The van der Waals surface area contributed by atoms with E-state index in [0.29, 0.717) is 66.9 Å². The number of halogens is 5. The topological polar surface area (TPSA) is 157 Å². The summed E-state index contributed by atoms with van der Waals surface area (Å²) in [6.07, 6.45) is 3.08. The second kappa shape index (κ2) is 28.0. The van der Waals surface area contributed by atoms with Gasteiger partial charge in [-0.15, -0.1) is 0 Å². The summed E-state index contributed by atoms with van der Waals surface area (Å²) in [6.45, 7) is 19.9. The predicted octanol–water partition coefficient (Wildman–Crippen LogP) is 13.9. The molecule has 0 unspecified atom stereocenters. The van der Waals surface area contributed by atoms with Gasteiger partial charge < -0.3 is 20.5 Å². The molecule has 0 aliphatic rings. The maximum absolute atomic E-state index is 12.9. The van der Waals surface area contributed by atoms with E-state index in [1.54, 1.807) is 50.5 Å². The van der Waals surface area contributed by atoms with E-state index in [1.165, 1.54) is 11.6 Å². The molecule has 77 heavy (non-hydrogen) atoms. The molecule has 0 aliphatic carbocycles. The summed E-state index contributed by atoms with van der Waals surface area (Å²) in [7, 11) is 3.14. The third-order valence-electron chi connectivity index (χ3n) is 13.1. The summed E-state index contributed by atoms with van der Waals surface area (Å²) in [5, 5.41) is 10.5. The maximum atomic E-state index is 12.9. The van der Waals surface area contributed by atoms with Crippen molar-refractivity contribution in [3.8, 4) is 11.1 Å². The lowest BCUT2D eigenvalue weighted by Gasteiger charge is -2.23. The van der Waals surface area contributed by atoms with Gasteiger partial charge in [-0.1, -0.05) is 155 Å². The number of hydrogen-bond donors (Lipinski definition) is 3. The summed E-state index contributed by atoms with van der Waals surface area (Å²) in [6, 6.07) is 30.8. The highest BCUT2D eigenvalue weighted by Crippen LogP contribution is 2.27. The Kier molecular flexibility index (Phi) is 22.4. The normalized spacial score (nSPS) is 11.8. The monoisotopic (exact) mass is 1180 g/mol. The molecule has 406 valence electrons. The van der Waals surface area contributed by atoms with Crippen molar-refractivity contribution in [1.29, 1.82) is 0 Å². The van der Waals surface area contributed by atoms with Gasteiger partial charge in [0.15, 0.2) is 0 Å². The molecular formula is C60H66BrCl4N7O5. The van der Waals surface area contributed by atoms with Crippen LogP contribution in [-0.4, -0.2) is 48.9 Å². The smallest absolute Gasteiger partial charge is 0.330 e. The van der Waals surface area contributed by atoms with Crippen molar-refractivity contribution >= 4 is 85.7 Å². The number of nitrogens with one attached hydrogen (secondary N) is 3. The molecular weight excluding hydrogens is 1120 g/mol. The van der Waals surface area contributed by atoms with Crippen molar-refractivity contribution in [3.63, 3.8) is 0 Å². The Labute approximate surface area is 480 Å². The minimum absolute atomic E-state index is 0.0875. The lowest BCUT2D eigenvalue weighted by atomic mass is 9.94. The van der Waals surface area contributed by atoms with E-state index in [1.807, 2.05) is 93.6 Å². The number of aryl methyl sites for hydroxylation is 3. The molecule has 0 spiro atoms. The summed E-state index contributed by atoms with van der Waals surface area (Å²) < 4.78 is 3.60. The zero-order valence-electron chi connectivity index (χ0n) is 45.4. The van der Waals surface area contributed by atoms with Crippen LogP contribution in [0, 0.1) is 39.5 Å². The molecule has 5 aromatic carbocycles. The van der Waals surface area contributed by atoms with Crippen molar-refractivity contribution in [1.82, 2.24) is 29.7 Å². The minimum atomic E-state index is -0.374. The molecule has 3 N–H and O–H groups in total. The van der Waals surface area contributed by atoms with Crippen molar-refractivity contribution in [2.24, 2.45) is 25.9 Å². The van der Waals surface area contributed by atoms with E-state index in [0.717, 1.165) is 48.4 Å². The lowest BCUT2D eigenvalue weighted by Crippen LogP contribution is -2.40. The van der Waals surface area contributed by atoms with Gasteiger partial charge in [-0.2, -0.15) is 0 Å². The molecule has 2 atom stereocenters. The summed E-state index contributed by atoms with van der Waals surface area (Å²) in [4.78, 5) is 71.7. The van der Waals surface area contributed by atoms with Gasteiger partial charge in [-0.25, -0.2) is 14.8 Å². The molecule has 7 rings (SSSR count). The molecule has 17 heteroatoms. The predicted molar refractivity (Wildman–Crippen MR) is 318 cm³/mol. The third-order valence-corrected chi connectivity index (χ3v) is 15.0. The van der Waals surface area contributed by atoms with Crippen molar-refractivity contribution in [2.45, 2.75) is 100 Å². The number of carbonyl (C=O) groups excluding carboxylic acids is 3. The van der Waals surface area contributed by atoms with Crippen LogP contribution in [0.25, 0.3) is 11.1 Å². The van der Waals surface area contributed by atoms with E-state index in [9.17, 15) is 24.0 Å². The number of aromatic nitrogens is 4. The van der Waals surface area contributed by atoms with Gasteiger partial charge in [0.25, 0.3) is 23.3 Å². The van der Waals surface area contributed by atoms with Crippen LogP contribution in [0.3, 0.4) is 0 Å². The number of amides is 3. The van der Waals surface area contributed by atoms with Gasteiger partial charge in [0.2, 0.25) is 0 Å². The molecule has 2 aromatic heterocycles. The maximum Gasteiger partial charge on any atom is 0.330 e. The molecule has 0 fully saturated rings. The molecule has 0 radical (unpaired) electrons. The molecule has 0 aliphatic heterocycles. The second-order valence-corrected chi connectivity index (χ2v) is 22.3. The fourth-order valence-corrected chi connectivity index (χ4v) is 10.2. The van der Waals surface area contributed by atoms with Crippen molar-refractivity contribution < 1.29 is 14.4 Å². The fourth-order valence-electron chi connectivity index (χ4n) is 8.33. The van der Waals surface area contributed by atoms with Crippen LogP contribution in [0.1, 0.15) is 118 Å². The zero-order chi connectivity index (χ0) is 57.0. The molecule has 12 nitrogen and oxygen atoms in total. The average Bonchev–Trinajstić information content (AvgIpc) is 3.36. The number of rotatable bonds is 14. The Hall–Kier alpha value is -6.09. The Morgan fingerprint density at radius 3 is 1.43 bits per heavy atom. The van der Waals surface area contributed by atoms with E-state index in [4.69, 9.17) is 46.4 Å². The summed E-state index contributed by atoms with van der Waals surface area (Å²) >= 11 is 28.2. The van der Waals surface area contributed by atoms with Gasteiger partial charge in [0, 0.05) is 43.8 Å². The number of benzene rings is 5. The highest BCUT2D eigenvalue weighted by atomic mass is 79.9. The minimum Gasteiger partial charge on any atom is -0.349 e. The first-order chi connectivity index (χ1) is 36.3. The average molecular weight is 1190 g/mol. The number of nitrogens with zero attached hydrogens (tertiary/aromatic N) is 4. The van der Waals surface area contributed by atoms with Gasteiger partial charge in [0.1, 0.15) is 5.82 Å². The number of carbonyl (C=O) groups is 3. The highest BCUT2D eigenvalue weighted by molar-refractivity contribution is 9.10. The first-order valence-corrected chi connectivity index (χ1v) is 27.4. The van der Waals surface area contributed by atoms with Gasteiger partial charge in [0.05, 0.1) is 52.5 Å². The van der Waals surface area contributed by atoms with Crippen LogP contribution in [0.2, 0.25) is 20.1 Å². The third kappa shape index (κ3) is 16.2. The van der Waals surface area contributed by atoms with Crippen LogP contribution < -0.4 is 27.2 Å². The van der Waals surface area contributed by atoms with Gasteiger partial charge >= 0.3 is 5.69 Å². The zero-order valence-corrected chi connectivity index (χ0v) is 50.0.